The molecule has 0 aliphatic carbocycles. The maximum absolute atomic E-state index is 12.8. The summed E-state index contributed by atoms with van der Waals surface area (Å²) in [5.74, 6) is -1.08. The van der Waals surface area contributed by atoms with Gasteiger partial charge in [0.05, 0.1) is 17.7 Å². The number of benzene rings is 2. The molecule has 0 saturated heterocycles. The van der Waals surface area contributed by atoms with E-state index >= 15 is 0 Å². The summed E-state index contributed by atoms with van der Waals surface area (Å²) < 4.78 is 11.7. The smallest absolute Gasteiger partial charge is 0.326 e. The first-order chi connectivity index (χ1) is 16.9. The number of carbonyl (C=O) groups excluding carboxylic acids is 2. The molecule has 0 amide bonds. The van der Waals surface area contributed by atoms with Gasteiger partial charge < -0.3 is 19.0 Å². The van der Waals surface area contributed by atoms with Crippen LogP contribution in [0.2, 0.25) is 0 Å². The molecule has 0 saturated carbocycles. The number of anilines is 2. The fourth-order valence-electron chi connectivity index (χ4n) is 4.19. The summed E-state index contributed by atoms with van der Waals surface area (Å²) in [4.78, 5) is 45.7. The van der Waals surface area contributed by atoms with E-state index in [2.05, 4.69) is 4.98 Å². The van der Waals surface area contributed by atoms with Crippen molar-refractivity contribution in [3.8, 4) is 6.07 Å². The number of para-hydroxylation sites is 3. The molecule has 174 valence electrons. The second-order valence-electron chi connectivity index (χ2n) is 7.95. The van der Waals surface area contributed by atoms with Gasteiger partial charge in [-0.1, -0.05) is 24.3 Å². The largest absolute Gasteiger partial charge is 0.456 e. The first kappa shape index (κ1) is 21.9. The van der Waals surface area contributed by atoms with Crippen molar-refractivity contribution in [2.45, 2.75) is 6.54 Å². The first-order valence-electron chi connectivity index (χ1n) is 10.7. The Hall–Kier alpha value is -4.91. The minimum Gasteiger partial charge on any atom is -0.456 e. The van der Waals surface area contributed by atoms with Crippen LogP contribution in [0.1, 0.15) is 0 Å². The zero-order chi connectivity index (χ0) is 24.7. The van der Waals surface area contributed by atoms with Crippen molar-refractivity contribution in [1.29, 1.82) is 5.26 Å². The van der Waals surface area contributed by atoms with Gasteiger partial charge in [0, 0.05) is 19.5 Å². The van der Waals surface area contributed by atoms with E-state index in [1.807, 2.05) is 36.4 Å². The normalized spacial score (nSPS) is 12.7. The van der Waals surface area contributed by atoms with Crippen molar-refractivity contribution in [3.63, 3.8) is 0 Å². The van der Waals surface area contributed by atoms with Crippen LogP contribution in [0.4, 0.5) is 11.4 Å². The molecule has 1 aliphatic rings. The molecule has 0 fully saturated rings. The highest BCUT2D eigenvalue weighted by molar-refractivity contribution is 6.04. The Kier molecular flexibility index (Phi) is 5.30. The van der Waals surface area contributed by atoms with E-state index < -0.39 is 30.5 Å². The quantitative estimate of drug-likeness (QED) is 0.247. The van der Waals surface area contributed by atoms with Crippen LogP contribution in [-0.2, 0) is 20.9 Å². The lowest BCUT2D eigenvalue weighted by Crippen LogP contribution is -2.29. The maximum Gasteiger partial charge on any atom is 0.326 e. The number of esters is 1. The molecule has 35 heavy (non-hydrogen) atoms. The molecule has 0 unspecified atom stereocenters. The van der Waals surface area contributed by atoms with Crippen molar-refractivity contribution in [2.24, 2.45) is 0 Å². The number of Topliss-reactive ketones (excluding diaryl/α,β-unsaturated/α-hetero) is 1. The highest BCUT2D eigenvalue weighted by atomic mass is 16.5. The molecule has 10 heteroatoms. The van der Waals surface area contributed by atoms with Gasteiger partial charge in [-0.2, -0.15) is 5.26 Å². The third kappa shape index (κ3) is 3.59. The van der Waals surface area contributed by atoms with E-state index in [4.69, 9.17) is 9.15 Å². The Morgan fingerprint density at radius 3 is 2.40 bits per heavy atom. The average Bonchev–Trinajstić information content (AvgIpc) is 3.37. The number of nitrogens with zero attached hydrogens (tertiary/aromatic N) is 5. The number of ketones is 1. The Morgan fingerprint density at radius 1 is 1.06 bits per heavy atom. The van der Waals surface area contributed by atoms with Gasteiger partial charge in [0.15, 0.2) is 6.61 Å². The molecule has 0 radical (unpaired) electrons. The number of carbonyl (C=O) groups is 2. The monoisotopic (exact) mass is 469 g/mol. The number of furan rings is 1. The SMILES string of the molecule is CN1C(=C(C#N)C(=O)COC(=O)Cn2cnc3c(oc4ccccc43)c2=O)N(C)c2ccccc21. The number of hydrogen-bond donors (Lipinski definition) is 0. The summed E-state index contributed by atoms with van der Waals surface area (Å²) in [6.45, 7) is -1.10. The molecule has 0 atom stereocenters. The second kappa shape index (κ2) is 8.46. The molecule has 1 aliphatic heterocycles. The molecule has 0 N–H and O–H groups in total. The summed E-state index contributed by atoms with van der Waals surface area (Å²) in [5, 5.41) is 10.4. The molecular formula is C25H19N5O5. The number of fused-ring (bicyclic) bond motifs is 4. The third-order valence-corrected chi connectivity index (χ3v) is 5.87. The number of nitriles is 1. The van der Waals surface area contributed by atoms with Crippen LogP contribution in [-0.4, -0.2) is 42.0 Å². The van der Waals surface area contributed by atoms with Crippen LogP contribution in [0.5, 0.6) is 0 Å². The van der Waals surface area contributed by atoms with E-state index in [-0.39, 0.29) is 11.2 Å². The van der Waals surface area contributed by atoms with E-state index in [9.17, 15) is 19.6 Å². The lowest BCUT2D eigenvalue weighted by Gasteiger charge is -2.19. The topological polar surface area (TPSA) is 122 Å². The summed E-state index contributed by atoms with van der Waals surface area (Å²) in [6, 6.07) is 16.5. The van der Waals surface area contributed by atoms with Crippen molar-refractivity contribution >= 4 is 45.2 Å². The van der Waals surface area contributed by atoms with Gasteiger partial charge >= 0.3 is 5.97 Å². The Labute approximate surface area is 198 Å². The standard InChI is InChI=1S/C25H19N5O5/c1-28-17-8-4-5-9-18(17)29(2)24(28)16(11-26)19(31)13-34-21(32)12-30-14-27-22-15-7-3-6-10-20(15)35-23(22)25(30)33/h3-10,14H,12-13H2,1-2H3. The van der Waals surface area contributed by atoms with E-state index in [0.29, 0.717) is 22.3 Å². The summed E-state index contributed by atoms with van der Waals surface area (Å²) in [7, 11) is 3.50. The van der Waals surface area contributed by atoms with Gasteiger partial charge in [0.2, 0.25) is 11.4 Å². The highest BCUT2D eigenvalue weighted by Gasteiger charge is 2.31. The van der Waals surface area contributed by atoms with Gasteiger partial charge in [-0.25, -0.2) is 4.98 Å². The number of hydrogen-bond acceptors (Lipinski definition) is 9. The van der Waals surface area contributed by atoms with Gasteiger partial charge in [0.1, 0.15) is 35.1 Å². The van der Waals surface area contributed by atoms with Crippen LogP contribution in [0, 0.1) is 11.3 Å². The molecule has 2 aromatic heterocycles. The summed E-state index contributed by atoms with van der Waals surface area (Å²) in [5.41, 5.74) is 1.95. The average molecular weight is 469 g/mol. The Morgan fingerprint density at radius 2 is 1.71 bits per heavy atom. The number of ether oxygens (including phenoxy) is 1. The molecule has 10 nitrogen and oxygen atoms in total. The zero-order valence-electron chi connectivity index (χ0n) is 18.9. The Bertz CT molecular complexity index is 1610. The van der Waals surface area contributed by atoms with Crippen molar-refractivity contribution < 1.29 is 18.7 Å². The third-order valence-electron chi connectivity index (χ3n) is 5.87. The molecule has 3 heterocycles. The van der Waals surface area contributed by atoms with Gasteiger partial charge in [-0.05, 0) is 24.3 Å². The molecule has 2 aromatic carbocycles. The first-order valence-corrected chi connectivity index (χ1v) is 10.7. The summed E-state index contributed by atoms with van der Waals surface area (Å²) >= 11 is 0. The molecule has 0 bridgehead atoms. The Balaban J connectivity index is 1.32. The van der Waals surface area contributed by atoms with E-state index in [0.717, 1.165) is 15.9 Å². The van der Waals surface area contributed by atoms with Crippen LogP contribution in [0.3, 0.4) is 0 Å². The molecule has 0 spiro atoms. The van der Waals surface area contributed by atoms with Crippen LogP contribution in [0.25, 0.3) is 22.1 Å². The second-order valence-corrected chi connectivity index (χ2v) is 7.95. The van der Waals surface area contributed by atoms with Crippen molar-refractivity contribution in [2.75, 3.05) is 30.5 Å². The summed E-state index contributed by atoms with van der Waals surface area (Å²) in [6.07, 6.45) is 1.23. The van der Waals surface area contributed by atoms with Gasteiger partial charge in [-0.3, -0.25) is 19.0 Å². The molecular weight excluding hydrogens is 450 g/mol. The minimum absolute atomic E-state index is 0.0287. The predicted octanol–water partition coefficient (Wildman–Crippen LogP) is 2.58. The predicted molar refractivity (Wildman–Crippen MR) is 128 cm³/mol. The minimum atomic E-state index is -0.823. The lowest BCUT2D eigenvalue weighted by atomic mass is 10.2. The number of aromatic nitrogens is 2. The van der Waals surface area contributed by atoms with Crippen LogP contribution in [0.15, 0.2) is 75.5 Å². The fourth-order valence-corrected chi connectivity index (χ4v) is 4.19. The lowest BCUT2D eigenvalue weighted by molar-refractivity contribution is -0.147. The highest BCUT2D eigenvalue weighted by Crippen LogP contribution is 2.40. The van der Waals surface area contributed by atoms with Crippen LogP contribution < -0.4 is 15.4 Å². The van der Waals surface area contributed by atoms with Crippen molar-refractivity contribution in [1.82, 2.24) is 9.55 Å². The van der Waals surface area contributed by atoms with Crippen molar-refractivity contribution in [3.05, 3.63) is 76.6 Å². The molecule has 5 rings (SSSR count). The van der Waals surface area contributed by atoms with E-state index in [1.165, 1.54) is 6.33 Å². The maximum atomic E-state index is 12.8. The van der Waals surface area contributed by atoms with Crippen LogP contribution >= 0.6 is 0 Å². The van der Waals surface area contributed by atoms with E-state index in [1.54, 1.807) is 42.1 Å². The van der Waals surface area contributed by atoms with Gasteiger partial charge in [-0.15, -0.1) is 0 Å². The fraction of sp³-hybridized carbons (Fsp3) is 0.160. The number of rotatable bonds is 5. The molecule has 4 aromatic rings. The van der Waals surface area contributed by atoms with Gasteiger partial charge in [0.25, 0.3) is 5.56 Å². The zero-order valence-corrected chi connectivity index (χ0v) is 18.9.